The zero-order valence-corrected chi connectivity index (χ0v) is 12.4. The summed E-state index contributed by atoms with van der Waals surface area (Å²) in [5, 5.41) is 7.80. The summed E-state index contributed by atoms with van der Waals surface area (Å²) in [6.07, 6.45) is 0. The number of nitrogens with one attached hydrogen (secondary N) is 2. The van der Waals surface area contributed by atoms with Gasteiger partial charge < -0.3 is 10.7 Å². The number of hydrogen-bond donors (Lipinski definition) is 3. The number of ketones is 1. The topological polar surface area (TPSA) is 95.6 Å². The van der Waals surface area contributed by atoms with E-state index in [1.165, 1.54) is 0 Å². The molecule has 0 aliphatic rings. The number of imidazole rings is 1. The number of aromatic nitrogens is 2. The molecule has 0 saturated carbocycles. The summed E-state index contributed by atoms with van der Waals surface area (Å²) in [6.45, 7) is 3.69. The maximum Gasteiger partial charge on any atom is 0.194 e. The highest BCUT2D eigenvalue weighted by atomic mass is 16.1. The van der Waals surface area contributed by atoms with Crippen LogP contribution in [-0.2, 0) is 0 Å². The van der Waals surface area contributed by atoms with E-state index in [1.54, 1.807) is 18.2 Å². The number of carbonyl (C=O) groups excluding carboxylic acids is 1. The van der Waals surface area contributed by atoms with Gasteiger partial charge in [-0.05, 0) is 25.5 Å². The molecule has 0 bridgehead atoms. The molecule has 1 aromatic heterocycles. The van der Waals surface area contributed by atoms with Crippen molar-refractivity contribution in [3.63, 3.8) is 0 Å². The number of aromatic amines is 1. The molecule has 0 radical (unpaired) electrons. The van der Waals surface area contributed by atoms with Gasteiger partial charge in [0.25, 0.3) is 0 Å². The van der Waals surface area contributed by atoms with Crippen molar-refractivity contribution in [1.82, 2.24) is 9.97 Å². The van der Waals surface area contributed by atoms with Crippen LogP contribution >= 0.6 is 0 Å². The fourth-order valence-electron chi connectivity index (χ4n) is 2.68. The van der Waals surface area contributed by atoms with Gasteiger partial charge in [0.05, 0.1) is 11.0 Å². The van der Waals surface area contributed by atoms with Crippen molar-refractivity contribution in [3.8, 4) is 0 Å². The SMILES string of the molecule is Cc1nc2c(C)c(C(=O)c3ccccc3)c(C(=N)N)cc2[nH]1. The van der Waals surface area contributed by atoms with Crippen LogP contribution in [0, 0.1) is 19.3 Å². The number of nitrogen functional groups attached to an aromatic ring is 1. The standard InChI is InChI=1S/C17H16N4O/c1-9-14(16(22)11-6-4-3-5-7-11)12(17(18)19)8-13-15(9)21-10(2)20-13/h3-8H,1-2H3,(H3,18,19)(H,20,21). The Morgan fingerprint density at radius 3 is 2.55 bits per heavy atom. The molecule has 0 unspecified atom stereocenters. The Balaban J connectivity index is 2.31. The average Bonchev–Trinajstić information content (AvgIpc) is 2.88. The zero-order chi connectivity index (χ0) is 15.9. The lowest BCUT2D eigenvalue weighted by atomic mass is 9.92. The Morgan fingerprint density at radius 1 is 1.23 bits per heavy atom. The minimum Gasteiger partial charge on any atom is -0.384 e. The summed E-state index contributed by atoms with van der Waals surface area (Å²) in [7, 11) is 0. The van der Waals surface area contributed by atoms with Gasteiger partial charge in [-0.25, -0.2) is 4.98 Å². The Bertz CT molecular complexity index is 894. The molecule has 5 nitrogen and oxygen atoms in total. The van der Waals surface area contributed by atoms with Crippen LogP contribution < -0.4 is 5.73 Å². The van der Waals surface area contributed by atoms with Crippen LogP contribution in [0.2, 0.25) is 0 Å². The second-order valence-electron chi connectivity index (χ2n) is 5.25. The van der Waals surface area contributed by atoms with E-state index >= 15 is 0 Å². The van der Waals surface area contributed by atoms with Crippen LogP contribution in [0.1, 0.15) is 32.9 Å². The number of fused-ring (bicyclic) bond motifs is 1. The molecule has 5 heteroatoms. The van der Waals surface area contributed by atoms with Crippen LogP contribution in [0.4, 0.5) is 0 Å². The van der Waals surface area contributed by atoms with Gasteiger partial charge in [-0.3, -0.25) is 10.2 Å². The third kappa shape index (κ3) is 2.16. The predicted octanol–water partition coefficient (Wildman–Crippen LogP) is 2.69. The molecule has 3 aromatic rings. The largest absolute Gasteiger partial charge is 0.384 e. The van der Waals surface area contributed by atoms with Crippen LogP contribution in [0.15, 0.2) is 36.4 Å². The molecule has 1 heterocycles. The number of nitrogens with zero attached hydrogens (tertiary/aromatic N) is 1. The number of rotatable bonds is 3. The summed E-state index contributed by atoms with van der Waals surface area (Å²) < 4.78 is 0. The van der Waals surface area contributed by atoms with Crippen molar-refractivity contribution >= 4 is 22.7 Å². The highest BCUT2D eigenvalue weighted by Crippen LogP contribution is 2.26. The fraction of sp³-hybridized carbons (Fsp3) is 0.118. The minimum absolute atomic E-state index is 0.128. The van der Waals surface area contributed by atoms with Gasteiger partial charge in [0.1, 0.15) is 11.7 Å². The highest BCUT2D eigenvalue weighted by Gasteiger charge is 2.21. The van der Waals surface area contributed by atoms with E-state index in [-0.39, 0.29) is 11.6 Å². The molecule has 110 valence electrons. The van der Waals surface area contributed by atoms with Crippen molar-refractivity contribution < 1.29 is 4.79 Å². The van der Waals surface area contributed by atoms with Gasteiger partial charge in [0.15, 0.2) is 5.78 Å². The Hall–Kier alpha value is -2.95. The van der Waals surface area contributed by atoms with E-state index in [0.29, 0.717) is 16.7 Å². The number of benzene rings is 2. The van der Waals surface area contributed by atoms with Crippen LogP contribution in [0.25, 0.3) is 11.0 Å². The molecule has 3 rings (SSSR count). The van der Waals surface area contributed by atoms with Crippen LogP contribution in [0.5, 0.6) is 0 Å². The molecule has 2 aromatic carbocycles. The molecule has 0 aliphatic carbocycles. The molecular formula is C17H16N4O. The van der Waals surface area contributed by atoms with E-state index in [0.717, 1.165) is 22.4 Å². The van der Waals surface area contributed by atoms with Gasteiger partial charge >= 0.3 is 0 Å². The second-order valence-corrected chi connectivity index (χ2v) is 5.25. The normalized spacial score (nSPS) is 10.8. The first kappa shape index (κ1) is 14.0. The average molecular weight is 292 g/mol. The third-order valence-electron chi connectivity index (χ3n) is 3.69. The Labute approximate surface area is 127 Å². The van der Waals surface area contributed by atoms with E-state index in [4.69, 9.17) is 11.1 Å². The summed E-state index contributed by atoms with van der Waals surface area (Å²) in [6, 6.07) is 10.7. The number of hydrogen-bond acceptors (Lipinski definition) is 3. The molecule has 0 spiro atoms. The molecule has 0 aliphatic heterocycles. The second kappa shape index (κ2) is 5.11. The molecule has 4 N–H and O–H groups in total. The van der Waals surface area contributed by atoms with Crippen molar-refractivity contribution in [2.45, 2.75) is 13.8 Å². The Morgan fingerprint density at radius 2 is 1.91 bits per heavy atom. The van der Waals surface area contributed by atoms with Crippen molar-refractivity contribution in [2.24, 2.45) is 5.73 Å². The van der Waals surface area contributed by atoms with Gasteiger partial charge in [0, 0.05) is 16.7 Å². The van der Waals surface area contributed by atoms with Crippen molar-refractivity contribution in [2.75, 3.05) is 0 Å². The molecular weight excluding hydrogens is 276 g/mol. The summed E-state index contributed by atoms with van der Waals surface area (Å²) in [4.78, 5) is 20.4. The first-order chi connectivity index (χ1) is 10.5. The van der Waals surface area contributed by atoms with Crippen molar-refractivity contribution in [1.29, 1.82) is 5.41 Å². The number of nitrogens with two attached hydrogens (primary N) is 1. The molecule has 0 atom stereocenters. The first-order valence-corrected chi connectivity index (χ1v) is 6.93. The van der Waals surface area contributed by atoms with Gasteiger partial charge in [-0.15, -0.1) is 0 Å². The lowest BCUT2D eigenvalue weighted by Crippen LogP contribution is -2.18. The summed E-state index contributed by atoms with van der Waals surface area (Å²) in [5.41, 5.74) is 9.40. The molecule has 0 saturated heterocycles. The number of aryl methyl sites for hydroxylation is 2. The number of carbonyl (C=O) groups is 1. The van der Waals surface area contributed by atoms with Crippen molar-refractivity contribution in [3.05, 3.63) is 64.5 Å². The third-order valence-corrected chi connectivity index (χ3v) is 3.69. The van der Waals surface area contributed by atoms with Gasteiger partial charge in [-0.1, -0.05) is 30.3 Å². The molecule has 0 amide bonds. The van der Waals surface area contributed by atoms with E-state index in [9.17, 15) is 4.79 Å². The predicted molar refractivity (Wildman–Crippen MR) is 86.5 cm³/mol. The maximum atomic E-state index is 12.9. The first-order valence-electron chi connectivity index (χ1n) is 6.93. The van der Waals surface area contributed by atoms with Gasteiger partial charge in [0.2, 0.25) is 0 Å². The monoisotopic (exact) mass is 292 g/mol. The summed E-state index contributed by atoms with van der Waals surface area (Å²) in [5.74, 6) is 0.485. The van der Waals surface area contributed by atoms with E-state index < -0.39 is 0 Å². The molecule has 22 heavy (non-hydrogen) atoms. The number of amidine groups is 1. The van der Waals surface area contributed by atoms with Crippen LogP contribution in [0.3, 0.4) is 0 Å². The quantitative estimate of drug-likeness (QED) is 0.393. The van der Waals surface area contributed by atoms with E-state index in [2.05, 4.69) is 9.97 Å². The minimum atomic E-state index is -0.147. The Kier molecular flexibility index (Phi) is 3.25. The lowest BCUT2D eigenvalue weighted by molar-refractivity contribution is 0.103. The highest BCUT2D eigenvalue weighted by molar-refractivity contribution is 6.18. The number of H-pyrrole nitrogens is 1. The lowest BCUT2D eigenvalue weighted by Gasteiger charge is -2.11. The van der Waals surface area contributed by atoms with E-state index in [1.807, 2.05) is 32.0 Å². The van der Waals surface area contributed by atoms with Crippen LogP contribution in [-0.4, -0.2) is 21.6 Å². The molecule has 0 fully saturated rings. The van der Waals surface area contributed by atoms with Gasteiger partial charge in [-0.2, -0.15) is 0 Å². The smallest absolute Gasteiger partial charge is 0.194 e. The zero-order valence-electron chi connectivity index (χ0n) is 12.4. The summed E-state index contributed by atoms with van der Waals surface area (Å²) >= 11 is 0. The maximum absolute atomic E-state index is 12.9. The fourth-order valence-corrected chi connectivity index (χ4v) is 2.68.